The average Bonchev–Trinajstić information content (AvgIpc) is 2.66. The van der Waals surface area contributed by atoms with Crippen LogP contribution in [-0.4, -0.2) is 15.8 Å². The Morgan fingerprint density at radius 2 is 2.00 bits per heavy atom. The lowest BCUT2D eigenvalue weighted by molar-refractivity contribution is 0.611. The Labute approximate surface area is 119 Å². The molecule has 1 heterocycles. The molecule has 0 radical (unpaired) electrons. The van der Waals surface area contributed by atoms with Crippen molar-refractivity contribution in [1.29, 1.82) is 0 Å². The van der Waals surface area contributed by atoms with E-state index in [9.17, 15) is 4.39 Å². The SMILES string of the molecule is CCC(N)Cc1cc(F)ccc1-n1nc(C)c(C)c1C. The van der Waals surface area contributed by atoms with Crippen molar-refractivity contribution in [2.24, 2.45) is 5.73 Å². The fraction of sp³-hybridized carbons (Fsp3) is 0.438. The van der Waals surface area contributed by atoms with Crippen LogP contribution in [0.4, 0.5) is 4.39 Å². The molecule has 1 atom stereocenters. The Balaban J connectivity index is 2.52. The van der Waals surface area contributed by atoms with Gasteiger partial charge in [0, 0.05) is 11.7 Å². The lowest BCUT2D eigenvalue weighted by atomic mass is 10.0. The minimum absolute atomic E-state index is 0.0358. The van der Waals surface area contributed by atoms with Crippen LogP contribution in [0.2, 0.25) is 0 Å². The molecule has 0 fully saturated rings. The van der Waals surface area contributed by atoms with Crippen molar-refractivity contribution < 1.29 is 4.39 Å². The summed E-state index contributed by atoms with van der Waals surface area (Å²) >= 11 is 0. The largest absolute Gasteiger partial charge is 0.327 e. The third-order valence-corrected chi connectivity index (χ3v) is 3.93. The third kappa shape index (κ3) is 2.75. The van der Waals surface area contributed by atoms with Gasteiger partial charge in [-0.2, -0.15) is 5.10 Å². The minimum Gasteiger partial charge on any atom is -0.327 e. The molecule has 4 heteroatoms. The smallest absolute Gasteiger partial charge is 0.123 e. The van der Waals surface area contributed by atoms with Gasteiger partial charge in [-0.25, -0.2) is 9.07 Å². The average molecular weight is 275 g/mol. The number of hydrogen-bond donors (Lipinski definition) is 1. The van der Waals surface area contributed by atoms with E-state index in [1.807, 2.05) is 25.5 Å². The zero-order chi connectivity index (χ0) is 14.9. The molecule has 0 amide bonds. The highest BCUT2D eigenvalue weighted by molar-refractivity contribution is 5.44. The fourth-order valence-electron chi connectivity index (χ4n) is 2.31. The first-order chi connectivity index (χ1) is 9.43. The van der Waals surface area contributed by atoms with Crippen LogP contribution in [0.1, 0.15) is 35.9 Å². The molecular weight excluding hydrogens is 253 g/mol. The molecule has 1 aromatic heterocycles. The molecule has 108 valence electrons. The highest BCUT2D eigenvalue weighted by Crippen LogP contribution is 2.22. The van der Waals surface area contributed by atoms with Gasteiger partial charge < -0.3 is 5.73 Å². The van der Waals surface area contributed by atoms with Crippen molar-refractivity contribution >= 4 is 0 Å². The van der Waals surface area contributed by atoms with Gasteiger partial charge in [-0.15, -0.1) is 0 Å². The van der Waals surface area contributed by atoms with Crippen LogP contribution in [0.15, 0.2) is 18.2 Å². The number of aryl methyl sites for hydroxylation is 1. The summed E-state index contributed by atoms with van der Waals surface area (Å²) in [6.07, 6.45) is 1.52. The molecule has 0 aliphatic rings. The zero-order valence-electron chi connectivity index (χ0n) is 12.6. The molecule has 1 aromatic carbocycles. The normalized spacial score (nSPS) is 12.7. The maximum atomic E-state index is 13.5. The van der Waals surface area contributed by atoms with Gasteiger partial charge in [0.25, 0.3) is 0 Å². The number of benzene rings is 1. The molecule has 2 rings (SSSR count). The second-order valence-electron chi connectivity index (χ2n) is 5.35. The molecular formula is C16H22FN3. The molecule has 2 aromatic rings. The van der Waals surface area contributed by atoms with Crippen LogP contribution in [0.3, 0.4) is 0 Å². The molecule has 0 aliphatic carbocycles. The summed E-state index contributed by atoms with van der Waals surface area (Å²) in [5, 5.41) is 4.56. The van der Waals surface area contributed by atoms with Gasteiger partial charge in [0.2, 0.25) is 0 Å². The van der Waals surface area contributed by atoms with Gasteiger partial charge in [0.1, 0.15) is 5.82 Å². The lowest BCUT2D eigenvalue weighted by Gasteiger charge is -2.15. The van der Waals surface area contributed by atoms with Gasteiger partial charge >= 0.3 is 0 Å². The lowest BCUT2D eigenvalue weighted by Crippen LogP contribution is -2.22. The first kappa shape index (κ1) is 14.7. The molecule has 2 N–H and O–H groups in total. The van der Waals surface area contributed by atoms with Gasteiger partial charge in [0.05, 0.1) is 11.4 Å². The summed E-state index contributed by atoms with van der Waals surface area (Å²) in [5.74, 6) is -0.231. The molecule has 0 saturated carbocycles. The van der Waals surface area contributed by atoms with Crippen molar-refractivity contribution in [3.63, 3.8) is 0 Å². The highest BCUT2D eigenvalue weighted by Gasteiger charge is 2.14. The van der Waals surface area contributed by atoms with Crippen LogP contribution >= 0.6 is 0 Å². The second-order valence-corrected chi connectivity index (χ2v) is 5.35. The van der Waals surface area contributed by atoms with Crippen molar-refractivity contribution in [3.05, 3.63) is 46.5 Å². The van der Waals surface area contributed by atoms with E-state index in [4.69, 9.17) is 5.73 Å². The number of halogens is 1. The molecule has 0 bridgehead atoms. The summed E-state index contributed by atoms with van der Waals surface area (Å²) in [4.78, 5) is 0. The molecule has 3 nitrogen and oxygen atoms in total. The first-order valence-electron chi connectivity index (χ1n) is 7.01. The zero-order valence-corrected chi connectivity index (χ0v) is 12.6. The van der Waals surface area contributed by atoms with E-state index in [0.717, 1.165) is 29.1 Å². The Kier molecular flexibility index (Phi) is 4.23. The predicted octanol–water partition coefficient (Wildman–Crippen LogP) is 3.22. The summed E-state index contributed by atoms with van der Waals surface area (Å²) in [5.41, 5.74) is 11.1. The molecule has 0 aliphatic heterocycles. The number of rotatable bonds is 4. The topological polar surface area (TPSA) is 43.8 Å². The Morgan fingerprint density at radius 3 is 2.55 bits per heavy atom. The standard InChI is InChI=1S/C16H22FN3/c1-5-15(18)9-13-8-14(17)6-7-16(13)20-12(4)10(2)11(3)19-20/h6-8,15H,5,9,18H2,1-4H3. The van der Waals surface area contributed by atoms with Crippen LogP contribution in [0, 0.1) is 26.6 Å². The van der Waals surface area contributed by atoms with E-state index < -0.39 is 0 Å². The van der Waals surface area contributed by atoms with Gasteiger partial charge in [-0.05, 0) is 62.9 Å². The predicted molar refractivity (Wildman–Crippen MR) is 79.7 cm³/mol. The second kappa shape index (κ2) is 5.75. The Hall–Kier alpha value is -1.68. The molecule has 0 saturated heterocycles. The third-order valence-electron chi connectivity index (χ3n) is 3.93. The fourth-order valence-corrected chi connectivity index (χ4v) is 2.31. The van der Waals surface area contributed by atoms with Crippen LogP contribution in [-0.2, 0) is 6.42 Å². The van der Waals surface area contributed by atoms with Crippen molar-refractivity contribution in [1.82, 2.24) is 9.78 Å². The number of aromatic nitrogens is 2. The Morgan fingerprint density at radius 1 is 1.30 bits per heavy atom. The van der Waals surface area contributed by atoms with E-state index in [2.05, 4.69) is 12.0 Å². The Bertz CT molecular complexity index is 616. The van der Waals surface area contributed by atoms with Gasteiger partial charge in [0.15, 0.2) is 0 Å². The van der Waals surface area contributed by atoms with Crippen molar-refractivity contribution in [3.8, 4) is 5.69 Å². The van der Waals surface area contributed by atoms with Crippen LogP contribution < -0.4 is 5.73 Å². The van der Waals surface area contributed by atoms with E-state index in [1.165, 1.54) is 11.6 Å². The van der Waals surface area contributed by atoms with E-state index in [0.29, 0.717) is 6.42 Å². The van der Waals surface area contributed by atoms with Crippen molar-refractivity contribution in [2.45, 2.75) is 46.6 Å². The summed E-state index contributed by atoms with van der Waals surface area (Å²) in [6, 6.07) is 4.86. The van der Waals surface area contributed by atoms with Gasteiger partial charge in [-0.1, -0.05) is 6.92 Å². The molecule has 0 spiro atoms. The van der Waals surface area contributed by atoms with E-state index in [1.54, 1.807) is 12.1 Å². The van der Waals surface area contributed by atoms with Gasteiger partial charge in [-0.3, -0.25) is 0 Å². The van der Waals surface area contributed by atoms with E-state index >= 15 is 0 Å². The van der Waals surface area contributed by atoms with Crippen molar-refractivity contribution in [2.75, 3.05) is 0 Å². The monoisotopic (exact) mass is 275 g/mol. The first-order valence-corrected chi connectivity index (χ1v) is 7.01. The molecule has 20 heavy (non-hydrogen) atoms. The summed E-state index contributed by atoms with van der Waals surface area (Å²) in [7, 11) is 0. The highest BCUT2D eigenvalue weighted by atomic mass is 19.1. The summed E-state index contributed by atoms with van der Waals surface area (Å²) < 4.78 is 15.4. The van der Waals surface area contributed by atoms with E-state index in [-0.39, 0.29) is 11.9 Å². The maximum absolute atomic E-state index is 13.5. The number of hydrogen-bond acceptors (Lipinski definition) is 2. The quantitative estimate of drug-likeness (QED) is 0.931. The van der Waals surface area contributed by atoms with Crippen LogP contribution in [0.25, 0.3) is 5.69 Å². The maximum Gasteiger partial charge on any atom is 0.123 e. The summed E-state index contributed by atoms with van der Waals surface area (Å²) in [6.45, 7) is 8.11. The number of nitrogens with two attached hydrogens (primary N) is 1. The number of nitrogens with zero attached hydrogens (tertiary/aromatic N) is 2. The molecule has 1 unspecified atom stereocenters. The minimum atomic E-state index is -0.231. The van der Waals surface area contributed by atoms with Crippen LogP contribution in [0.5, 0.6) is 0 Å².